The van der Waals surface area contributed by atoms with Gasteiger partial charge in [-0.05, 0) is 263 Å². The third kappa shape index (κ3) is 10.1. The summed E-state index contributed by atoms with van der Waals surface area (Å²) in [7, 11) is 0. The molecule has 0 aliphatic heterocycles. The van der Waals surface area contributed by atoms with Crippen molar-refractivity contribution in [1.29, 1.82) is 0 Å². The number of fused-ring (bicyclic) bond motifs is 17. The van der Waals surface area contributed by atoms with Crippen molar-refractivity contribution >= 4 is 151 Å². The number of aryl methyl sites for hydroxylation is 2. The predicted octanol–water partition coefficient (Wildman–Crippen LogP) is 30.9. The van der Waals surface area contributed by atoms with Gasteiger partial charge in [0.25, 0.3) is 0 Å². The highest BCUT2D eigenvalue weighted by molar-refractivity contribution is 6.28. The van der Waals surface area contributed by atoms with Crippen LogP contribution in [-0.2, 0) is 0 Å². The molecular formula is C110H71N. The highest BCUT2D eigenvalue weighted by Gasteiger charge is 2.24. The first-order valence-corrected chi connectivity index (χ1v) is 38.7. The highest BCUT2D eigenvalue weighted by atomic mass is 15.0. The Balaban J connectivity index is 0.000000143. The Morgan fingerprint density at radius 1 is 0.153 bits per heavy atom. The minimum absolute atomic E-state index is 1.17. The molecule has 0 spiro atoms. The molecule has 0 saturated carbocycles. The third-order valence-corrected chi connectivity index (χ3v) is 24.2. The van der Waals surface area contributed by atoms with Crippen molar-refractivity contribution in [1.82, 2.24) is 4.57 Å². The van der Waals surface area contributed by atoms with Crippen molar-refractivity contribution in [2.45, 2.75) is 13.8 Å². The monoisotopic (exact) mass is 1410 g/mol. The number of benzene rings is 22. The molecule has 1 aromatic heterocycles. The van der Waals surface area contributed by atoms with Gasteiger partial charge in [0, 0.05) is 16.5 Å². The zero-order valence-corrected chi connectivity index (χ0v) is 61.5. The molecule has 0 N–H and O–H groups in total. The van der Waals surface area contributed by atoms with Crippen LogP contribution in [0.2, 0.25) is 0 Å². The summed E-state index contributed by atoms with van der Waals surface area (Å²) in [6.45, 7) is 4.63. The summed E-state index contributed by atoms with van der Waals surface area (Å²) in [5.74, 6) is 0. The molecule has 22 aromatic carbocycles. The molecule has 1 heteroatoms. The largest absolute Gasteiger partial charge is 0.309 e. The average molecular weight is 1410 g/mol. The van der Waals surface area contributed by atoms with E-state index in [2.05, 4.69) is 413 Å². The second-order valence-electron chi connectivity index (χ2n) is 30.0. The normalized spacial score (nSPS) is 11.9. The molecule has 0 bridgehead atoms. The summed E-state index contributed by atoms with van der Waals surface area (Å²) in [4.78, 5) is 0. The van der Waals surface area contributed by atoms with Gasteiger partial charge in [0.15, 0.2) is 0 Å². The van der Waals surface area contributed by atoms with E-state index in [-0.39, 0.29) is 0 Å². The van der Waals surface area contributed by atoms with Crippen molar-refractivity contribution in [3.8, 4) is 72.4 Å². The van der Waals surface area contributed by atoms with Gasteiger partial charge >= 0.3 is 0 Å². The minimum Gasteiger partial charge on any atom is -0.309 e. The summed E-state index contributed by atoms with van der Waals surface area (Å²) >= 11 is 0. The van der Waals surface area contributed by atoms with Gasteiger partial charge in [-0.15, -0.1) is 0 Å². The fourth-order valence-electron chi connectivity index (χ4n) is 19.1. The smallest absolute Gasteiger partial charge is 0.0541 e. The van der Waals surface area contributed by atoms with Crippen LogP contribution in [0.15, 0.2) is 394 Å². The molecule has 0 fully saturated rings. The van der Waals surface area contributed by atoms with Crippen LogP contribution in [0.3, 0.4) is 0 Å². The standard InChI is InChI=1S/C64H42.C46H29N/c1-39-40(2)60-38-44(62-53-25-9-13-29-57(53)64(58-30-14-10-26-54(58)62)50-32-16-20-42-18-4-6-22-46(42)50)34-36-48(60)47-35-33-43(37-59(39)47)61-51-23-7-11-27-55(51)63(56-28-12-8-24-52(56)61)49-31-15-19-41-17-3-5-21-45(41)49;1-2-12-35-30(11-1)21-22-31-23-24-33(29-42(31)35)46-40-17-5-3-15-38(40)45(39-16-4-6-18-41(39)46)32-25-27-34(28-26-32)47-43-19-9-7-13-36(43)37-14-8-10-20-44(37)47/h3-38H,1-2H3;1-29H. The molecule has 516 valence electrons. The molecule has 0 aliphatic rings. The average Bonchev–Trinajstić information content (AvgIpc) is 1.78. The molecule has 1 heterocycles. The van der Waals surface area contributed by atoms with E-state index in [9.17, 15) is 0 Å². The van der Waals surface area contributed by atoms with Crippen LogP contribution >= 0.6 is 0 Å². The van der Waals surface area contributed by atoms with Gasteiger partial charge in [-0.1, -0.05) is 352 Å². The Kier molecular flexibility index (Phi) is 14.8. The van der Waals surface area contributed by atoms with Gasteiger partial charge in [0.05, 0.1) is 11.0 Å². The Hall–Kier alpha value is -14.2. The van der Waals surface area contributed by atoms with Crippen molar-refractivity contribution in [3.63, 3.8) is 0 Å². The summed E-state index contributed by atoms with van der Waals surface area (Å²) in [6.07, 6.45) is 0. The summed E-state index contributed by atoms with van der Waals surface area (Å²) in [5.41, 5.74) is 21.5. The summed E-state index contributed by atoms with van der Waals surface area (Å²) in [6, 6.07) is 146. The number of aromatic nitrogens is 1. The molecule has 0 amide bonds. The Labute approximate surface area is 643 Å². The van der Waals surface area contributed by atoms with E-state index in [0.29, 0.717) is 0 Å². The highest BCUT2D eigenvalue weighted by Crippen LogP contribution is 2.51. The second-order valence-corrected chi connectivity index (χ2v) is 30.0. The van der Waals surface area contributed by atoms with Gasteiger partial charge in [0.1, 0.15) is 0 Å². The van der Waals surface area contributed by atoms with E-state index < -0.39 is 0 Å². The first-order chi connectivity index (χ1) is 55.0. The minimum atomic E-state index is 1.17. The topological polar surface area (TPSA) is 4.93 Å². The fraction of sp³-hybridized carbons (Fsp3) is 0.0182. The maximum absolute atomic E-state index is 2.46. The first-order valence-electron chi connectivity index (χ1n) is 38.7. The van der Waals surface area contributed by atoms with Crippen LogP contribution in [0.5, 0.6) is 0 Å². The van der Waals surface area contributed by atoms with Gasteiger partial charge in [-0.25, -0.2) is 0 Å². The van der Waals surface area contributed by atoms with Crippen molar-refractivity contribution in [3.05, 3.63) is 405 Å². The zero-order chi connectivity index (χ0) is 73.4. The van der Waals surface area contributed by atoms with Crippen LogP contribution in [0.25, 0.3) is 224 Å². The second kappa shape index (κ2) is 25.7. The number of hydrogen-bond acceptors (Lipinski definition) is 0. The summed E-state index contributed by atoms with van der Waals surface area (Å²) < 4.78 is 2.39. The molecule has 0 aliphatic carbocycles. The molecule has 0 atom stereocenters. The Bertz CT molecular complexity index is 7340. The first kappa shape index (κ1) is 64.0. The molecule has 1 nitrogen and oxygen atoms in total. The molecular weight excluding hydrogens is 1340 g/mol. The summed E-state index contributed by atoms with van der Waals surface area (Å²) in [5, 5.41) is 33.2. The Morgan fingerprint density at radius 3 is 0.784 bits per heavy atom. The predicted molar refractivity (Wildman–Crippen MR) is 479 cm³/mol. The number of nitrogens with zero attached hydrogens (tertiary/aromatic N) is 1. The van der Waals surface area contributed by atoms with Gasteiger partial charge in [0.2, 0.25) is 0 Å². The van der Waals surface area contributed by atoms with E-state index in [4.69, 9.17) is 0 Å². The SMILES string of the molecule is Cc1c(C)c2cc(-c3c4ccccc4c(-c4cccc5ccccc45)c4ccccc34)ccc2c2ccc(-c3c4ccccc4c(-c4cccc5ccccc45)c4ccccc34)cc12.c1ccc2c(c1)ccc1ccc(-c3c4ccccc4c(-c4ccc(-n5c6ccccc6c6ccccc65)cc4)c4ccccc34)cc12. The van der Waals surface area contributed by atoms with E-state index in [1.807, 2.05) is 0 Å². The van der Waals surface area contributed by atoms with E-state index >= 15 is 0 Å². The number of hydrogen-bond donors (Lipinski definition) is 0. The molecule has 0 saturated heterocycles. The van der Waals surface area contributed by atoms with Crippen molar-refractivity contribution in [2.24, 2.45) is 0 Å². The lowest BCUT2D eigenvalue weighted by atomic mass is 9.83. The van der Waals surface area contributed by atoms with Gasteiger partial charge in [-0.3, -0.25) is 0 Å². The number of para-hydroxylation sites is 2. The molecule has 23 aromatic rings. The molecule has 0 radical (unpaired) electrons. The van der Waals surface area contributed by atoms with E-state index in [1.54, 1.807) is 0 Å². The van der Waals surface area contributed by atoms with E-state index in [0.717, 1.165) is 0 Å². The third-order valence-electron chi connectivity index (χ3n) is 24.2. The lowest BCUT2D eigenvalue weighted by Crippen LogP contribution is -1.94. The maximum atomic E-state index is 2.46. The van der Waals surface area contributed by atoms with Crippen LogP contribution in [0.4, 0.5) is 0 Å². The molecule has 23 rings (SSSR count). The fourth-order valence-corrected chi connectivity index (χ4v) is 19.1. The van der Waals surface area contributed by atoms with Gasteiger partial charge < -0.3 is 4.57 Å². The molecule has 0 unspecified atom stereocenters. The van der Waals surface area contributed by atoms with Crippen molar-refractivity contribution in [2.75, 3.05) is 0 Å². The lowest BCUT2D eigenvalue weighted by Gasteiger charge is -2.20. The van der Waals surface area contributed by atoms with Crippen LogP contribution in [0, 0.1) is 13.8 Å². The quantitative estimate of drug-likeness (QED) is 0.111. The van der Waals surface area contributed by atoms with Crippen LogP contribution in [0.1, 0.15) is 11.1 Å². The molecule has 111 heavy (non-hydrogen) atoms. The van der Waals surface area contributed by atoms with Crippen LogP contribution in [-0.4, -0.2) is 4.57 Å². The van der Waals surface area contributed by atoms with E-state index in [1.165, 1.54) is 235 Å². The zero-order valence-electron chi connectivity index (χ0n) is 61.5. The number of rotatable bonds is 7. The lowest BCUT2D eigenvalue weighted by molar-refractivity contribution is 1.18. The van der Waals surface area contributed by atoms with Gasteiger partial charge in [-0.2, -0.15) is 0 Å². The van der Waals surface area contributed by atoms with Crippen LogP contribution < -0.4 is 0 Å². The van der Waals surface area contributed by atoms with Crippen molar-refractivity contribution < 1.29 is 0 Å². The maximum Gasteiger partial charge on any atom is 0.0541 e. The Morgan fingerprint density at radius 2 is 0.405 bits per heavy atom.